The molecule has 0 saturated carbocycles. The summed E-state index contributed by atoms with van der Waals surface area (Å²) in [6.07, 6.45) is 0. The Bertz CT molecular complexity index is 502. The molecule has 0 aliphatic carbocycles. The molecule has 0 fully saturated rings. The third-order valence-electron chi connectivity index (χ3n) is 2.16. The molecule has 1 aromatic rings. The van der Waals surface area contributed by atoms with Crippen molar-refractivity contribution >= 4 is 15.7 Å². The van der Waals surface area contributed by atoms with Crippen molar-refractivity contribution in [2.24, 2.45) is 4.36 Å². The molecule has 0 radical (unpaired) electrons. The Morgan fingerprint density at radius 1 is 1.50 bits per heavy atom. The summed E-state index contributed by atoms with van der Waals surface area (Å²) in [4.78, 5) is 10.6. The van der Waals surface area contributed by atoms with Crippen LogP contribution in [0.15, 0.2) is 28.6 Å². The van der Waals surface area contributed by atoms with Gasteiger partial charge in [-0.05, 0) is 12.5 Å². The summed E-state index contributed by atoms with van der Waals surface area (Å²) in [5.41, 5.74) is 1.92. The fourth-order valence-electron chi connectivity index (χ4n) is 1.44. The van der Waals surface area contributed by atoms with Crippen LogP contribution in [0, 0.1) is 6.92 Å². The van der Waals surface area contributed by atoms with E-state index in [0.717, 1.165) is 11.1 Å². The molecule has 0 aromatic heterocycles. The number of aliphatic carboxylic acids is 1. The summed E-state index contributed by atoms with van der Waals surface area (Å²) in [5, 5.41) is 8.67. The lowest BCUT2D eigenvalue weighted by Crippen LogP contribution is -2.16. The van der Waals surface area contributed by atoms with Crippen LogP contribution in [0.3, 0.4) is 0 Å². The summed E-state index contributed by atoms with van der Waals surface area (Å²) in [5.74, 6) is -1.29. The van der Waals surface area contributed by atoms with Crippen molar-refractivity contribution in [2.45, 2.75) is 12.7 Å². The summed E-state index contributed by atoms with van der Waals surface area (Å²) < 4.78 is 15.8. The minimum atomic E-state index is -2.67. The maximum atomic E-state index is 12.1. The molecule has 5 heteroatoms. The Balaban J connectivity index is 2.95. The van der Waals surface area contributed by atoms with Crippen molar-refractivity contribution in [2.75, 3.05) is 12.8 Å². The zero-order valence-electron chi connectivity index (χ0n) is 9.34. The summed E-state index contributed by atoms with van der Waals surface area (Å²) in [6, 6.07) is 7.53. The molecule has 1 aromatic carbocycles. The number of nitrogens with zero attached hydrogens (tertiary/aromatic N) is 1. The fraction of sp³-hybridized carbons (Fsp3) is 0.364. The second-order valence-electron chi connectivity index (χ2n) is 3.63. The average molecular weight is 241 g/mol. The van der Waals surface area contributed by atoms with Gasteiger partial charge in [0.25, 0.3) is 0 Å². The van der Waals surface area contributed by atoms with E-state index in [-0.39, 0.29) is 5.75 Å². The van der Waals surface area contributed by atoms with Crippen LogP contribution < -0.4 is 0 Å². The monoisotopic (exact) mass is 241 g/mol. The second-order valence-corrected chi connectivity index (χ2v) is 6.11. The zero-order chi connectivity index (χ0) is 12.2. The van der Waals surface area contributed by atoms with Crippen molar-refractivity contribution in [1.82, 2.24) is 0 Å². The normalized spacial score (nSPS) is 14.1. The number of aryl methyl sites for hydroxylation is 1. The lowest BCUT2D eigenvalue weighted by molar-refractivity contribution is -0.134. The highest BCUT2D eigenvalue weighted by Crippen LogP contribution is 2.10. The zero-order valence-corrected chi connectivity index (χ0v) is 10.2. The summed E-state index contributed by atoms with van der Waals surface area (Å²) >= 11 is 0. The van der Waals surface area contributed by atoms with Crippen LogP contribution in [0.25, 0.3) is 0 Å². The molecule has 4 nitrogen and oxygen atoms in total. The molecule has 88 valence electrons. The molecule has 0 spiro atoms. The highest BCUT2D eigenvalue weighted by Gasteiger charge is 2.14. The number of benzene rings is 1. The molecule has 1 rings (SSSR count). The van der Waals surface area contributed by atoms with E-state index in [9.17, 15) is 9.00 Å². The number of hydrogen-bond acceptors (Lipinski definition) is 3. The molecule has 0 aliphatic rings. The minimum absolute atomic E-state index is 0.192. The van der Waals surface area contributed by atoms with E-state index in [2.05, 4.69) is 4.36 Å². The van der Waals surface area contributed by atoms with Crippen LogP contribution in [-0.4, -0.2) is 28.1 Å². The molecular weight excluding hydrogens is 226 g/mol. The van der Waals surface area contributed by atoms with Gasteiger partial charge in [-0.15, -0.1) is 0 Å². The smallest absolute Gasteiger partial charge is 0.317 e. The molecular formula is C11H15NO3S. The quantitative estimate of drug-likeness (QED) is 0.872. The first-order chi connectivity index (χ1) is 7.45. The van der Waals surface area contributed by atoms with E-state index < -0.39 is 21.5 Å². The van der Waals surface area contributed by atoms with Crippen LogP contribution in [0.1, 0.15) is 11.1 Å². The Kier molecular flexibility index (Phi) is 4.06. The first-order valence-corrected chi connectivity index (χ1v) is 6.68. The average Bonchev–Trinajstić information content (AvgIpc) is 2.16. The van der Waals surface area contributed by atoms with Crippen molar-refractivity contribution < 1.29 is 14.1 Å². The maximum Gasteiger partial charge on any atom is 0.317 e. The standard InChI is InChI=1S/C11H15NO3S/c1-9-4-3-5-10(6-9)7-16(15,12-2)8-11(13)14/h3-6H,7-8H2,1-2H3,(H,13,14). The minimum Gasteiger partial charge on any atom is -0.481 e. The lowest BCUT2D eigenvalue weighted by Gasteiger charge is -2.07. The van der Waals surface area contributed by atoms with E-state index in [0.29, 0.717) is 0 Å². The molecule has 0 bridgehead atoms. The second kappa shape index (κ2) is 5.12. The van der Waals surface area contributed by atoms with Gasteiger partial charge < -0.3 is 5.11 Å². The fourth-order valence-corrected chi connectivity index (χ4v) is 2.88. The van der Waals surface area contributed by atoms with Gasteiger partial charge in [0.15, 0.2) is 0 Å². The summed E-state index contributed by atoms with van der Waals surface area (Å²) in [6.45, 7) is 1.94. The predicted molar refractivity (Wildman–Crippen MR) is 63.9 cm³/mol. The van der Waals surface area contributed by atoms with Gasteiger partial charge in [0.1, 0.15) is 5.75 Å². The van der Waals surface area contributed by atoms with E-state index in [1.807, 2.05) is 31.2 Å². The van der Waals surface area contributed by atoms with Gasteiger partial charge in [0, 0.05) is 7.05 Å². The first kappa shape index (κ1) is 12.7. The van der Waals surface area contributed by atoms with Gasteiger partial charge in [-0.2, -0.15) is 0 Å². The largest absolute Gasteiger partial charge is 0.481 e. The molecule has 1 atom stereocenters. The predicted octanol–water partition coefficient (Wildman–Crippen LogP) is 1.68. The van der Waals surface area contributed by atoms with Gasteiger partial charge in [0.05, 0.1) is 15.5 Å². The van der Waals surface area contributed by atoms with Crippen LogP contribution >= 0.6 is 0 Å². The number of carboxylic acid groups (broad SMARTS) is 1. The molecule has 0 heterocycles. The highest BCUT2D eigenvalue weighted by molar-refractivity contribution is 7.93. The topological polar surface area (TPSA) is 66.7 Å². The molecule has 16 heavy (non-hydrogen) atoms. The van der Waals surface area contributed by atoms with Gasteiger partial charge in [0.2, 0.25) is 0 Å². The molecule has 0 amide bonds. The molecule has 1 unspecified atom stereocenters. The van der Waals surface area contributed by atoms with Gasteiger partial charge >= 0.3 is 5.97 Å². The maximum absolute atomic E-state index is 12.1. The van der Waals surface area contributed by atoms with E-state index >= 15 is 0 Å². The molecule has 0 aliphatic heterocycles. The Hall–Kier alpha value is -1.36. The van der Waals surface area contributed by atoms with Gasteiger partial charge in [-0.3, -0.25) is 4.79 Å². The third-order valence-corrected chi connectivity index (χ3v) is 4.30. The number of carbonyl (C=O) groups is 1. The van der Waals surface area contributed by atoms with Crippen LogP contribution in [0.2, 0.25) is 0 Å². The number of hydrogen-bond donors (Lipinski definition) is 1. The van der Waals surface area contributed by atoms with Crippen molar-refractivity contribution in [1.29, 1.82) is 0 Å². The third kappa shape index (κ3) is 3.66. The molecule has 0 saturated heterocycles. The highest BCUT2D eigenvalue weighted by atomic mass is 32.2. The number of carboxylic acids is 1. The van der Waals surface area contributed by atoms with Crippen molar-refractivity contribution in [3.8, 4) is 0 Å². The SMILES string of the molecule is CN=S(=O)(CC(=O)O)Cc1cccc(C)c1. The van der Waals surface area contributed by atoms with E-state index in [1.54, 1.807) is 0 Å². The molecule has 1 N–H and O–H groups in total. The van der Waals surface area contributed by atoms with Gasteiger partial charge in [-0.25, -0.2) is 8.57 Å². The van der Waals surface area contributed by atoms with Crippen molar-refractivity contribution in [3.63, 3.8) is 0 Å². The number of rotatable bonds is 4. The first-order valence-electron chi connectivity index (χ1n) is 4.83. The van der Waals surface area contributed by atoms with Crippen LogP contribution in [0.4, 0.5) is 0 Å². The lowest BCUT2D eigenvalue weighted by atomic mass is 10.2. The van der Waals surface area contributed by atoms with E-state index in [4.69, 9.17) is 5.11 Å². The van der Waals surface area contributed by atoms with Crippen LogP contribution in [0.5, 0.6) is 0 Å². The summed E-state index contributed by atoms with van der Waals surface area (Å²) in [7, 11) is -1.27. The van der Waals surface area contributed by atoms with Crippen LogP contribution in [-0.2, 0) is 20.3 Å². The Morgan fingerprint density at radius 2 is 2.19 bits per heavy atom. The Labute approximate surface area is 95.5 Å². The van der Waals surface area contributed by atoms with Gasteiger partial charge in [-0.1, -0.05) is 29.8 Å². The van der Waals surface area contributed by atoms with Crippen molar-refractivity contribution in [3.05, 3.63) is 35.4 Å². The Morgan fingerprint density at radius 3 is 2.69 bits per heavy atom. The van der Waals surface area contributed by atoms with E-state index in [1.165, 1.54) is 7.05 Å².